The van der Waals surface area contributed by atoms with Crippen molar-refractivity contribution in [1.82, 2.24) is 0 Å². The van der Waals surface area contributed by atoms with Crippen LogP contribution in [0.3, 0.4) is 0 Å². The second kappa shape index (κ2) is 5.17. The number of carbonyl (C=O) groups excluding carboxylic acids is 1. The summed E-state index contributed by atoms with van der Waals surface area (Å²) in [5.74, 6) is -0.188. The number of hydrogen-bond acceptors (Lipinski definition) is 4. The van der Waals surface area contributed by atoms with Crippen molar-refractivity contribution in [2.75, 3.05) is 5.75 Å². The molecular formula is C14H16O4S. The quantitative estimate of drug-likeness (QED) is 0.629. The summed E-state index contributed by atoms with van der Waals surface area (Å²) in [6, 6.07) is 5.42. The van der Waals surface area contributed by atoms with E-state index in [1.807, 2.05) is 19.9 Å². The zero-order valence-corrected chi connectivity index (χ0v) is 11.7. The lowest BCUT2D eigenvalue weighted by Gasteiger charge is -2.08. The van der Waals surface area contributed by atoms with Gasteiger partial charge in [0.15, 0.2) is 9.84 Å². The minimum absolute atomic E-state index is 0.00493. The van der Waals surface area contributed by atoms with Gasteiger partial charge in [0.25, 0.3) is 0 Å². The molecule has 1 aliphatic rings. The van der Waals surface area contributed by atoms with Gasteiger partial charge in [-0.2, -0.15) is 0 Å². The molecule has 19 heavy (non-hydrogen) atoms. The molecule has 1 atom stereocenters. The number of ether oxygens (including phenoxy) is 1. The van der Waals surface area contributed by atoms with Crippen LogP contribution >= 0.6 is 0 Å². The van der Waals surface area contributed by atoms with Crippen molar-refractivity contribution < 1.29 is 17.9 Å². The number of aryl methyl sites for hydroxylation is 2. The molecule has 1 heterocycles. The smallest absolute Gasteiger partial charge is 0.311 e. The molecule has 0 fully saturated rings. The zero-order valence-electron chi connectivity index (χ0n) is 10.9. The van der Waals surface area contributed by atoms with Crippen molar-refractivity contribution in [3.63, 3.8) is 0 Å². The Labute approximate surface area is 113 Å². The highest BCUT2D eigenvalue weighted by Crippen LogP contribution is 2.21. The van der Waals surface area contributed by atoms with E-state index in [9.17, 15) is 13.2 Å². The number of allylic oxidation sites excluding steroid dienone is 1. The molecule has 0 aromatic heterocycles. The molecule has 0 N–H and O–H groups in total. The van der Waals surface area contributed by atoms with Crippen LogP contribution in [0.4, 0.5) is 0 Å². The first-order chi connectivity index (χ1) is 8.85. The molecule has 0 saturated heterocycles. The second-order valence-electron chi connectivity index (χ2n) is 4.84. The highest BCUT2D eigenvalue weighted by molar-refractivity contribution is 7.94. The van der Waals surface area contributed by atoms with Crippen LogP contribution in [-0.4, -0.2) is 20.1 Å². The van der Waals surface area contributed by atoms with Crippen LogP contribution in [0.1, 0.15) is 17.5 Å². The van der Waals surface area contributed by atoms with Gasteiger partial charge in [0.2, 0.25) is 0 Å². The number of sulfone groups is 1. The van der Waals surface area contributed by atoms with Crippen LogP contribution in [-0.2, 0) is 14.6 Å². The summed E-state index contributed by atoms with van der Waals surface area (Å²) in [4.78, 5) is 11.7. The van der Waals surface area contributed by atoms with E-state index in [1.54, 1.807) is 18.2 Å². The summed E-state index contributed by atoms with van der Waals surface area (Å²) in [5, 5.41) is 1.17. The maximum Gasteiger partial charge on any atom is 0.311 e. The molecule has 1 aliphatic heterocycles. The van der Waals surface area contributed by atoms with Crippen LogP contribution in [0.15, 0.2) is 29.7 Å². The lowest BCUT2D eigenvalue weighted by atomic mass is 10.1. The Bertz CT molecular complexity index is 629. The Hall–Kier alpha value is -1.62. The van der Waals surface area contributed by atoms with Crippen molar-refractivity contribution in [3.05, 3.63) is 40.8 Å². The molecule has 1 unspecified atom stereocenters. The summed E-state index contributed by atoms with van der Waals surface area (Å²) in [7, 11) is -3.11. The van der Waals surface area contributed by atoms with Crippen molar-refractivity contribution >= 4 is 15.8 Å². The van der Waals surface area contributed by atoms with Gasteiger partial charge in [0.05, 0.1) is 12.2 Å². The first-order valence-electron chi connectivity index (χ1n) is 6.04. The zero-order chi connectivity index (χ0) is 14.0. The maximum absolute atomic E-state index is 11.7. The lowest BCUT2D eigenvalue weighted by molar-refractivity contribution is -0.134. The molecule has 0 saturated carbocycles. The summed E-state index contributed by atoms with van der Waals surface area (Å²) in [6.45, 7) is 3.92. The predicted molar refractivity (Wildman–Crippen MR) is 72.6 cm³/mol. The highest BCUT2D eigenvalue weighted by atomic mass is 32.2. The van der Waals surface area contributed by atoms with E-state index in [2.05, 4.69) is 0 Å². The molecule has 1 aromatic carbocycles. The maximum atomic E-state index is 11.7. The Balaban J connectivity index is 1.95. The molecule has 5 heteroatoms. The minimum atomic E-state index is -3.11. The molecule has 102 valence electrons. The minimum Gasteiger partial charge on any atom is -0.427 e. The average Bonchev–Trinajstić information content (AvgIpc) is 2.63. The van der Waals surface area contributed by atoms with Crippen LogP contribution in [0.25, 0.3) is 0 Å². The van der Waals surface area contributed by atoms with Crippen LogP contribution in [0.2, 0.25) is 0 Å². The van der Waals surface area contributed by atoms with Gasteiger partial charge in [-0.3, -0.25) is 4.79 Å². The first-order valence-corrected chi connectivity index (χ1v) is 7.76. The molecule has 0 radical (unpaired) electrons. The van der Waals surface area contributed by atoms with Crippen molar-refractivity contribution in [1.29, 1.82) is 0 Å². The van der Waals surface area contributed by atoms with Crippen molar-refractivity contribution in [2.24, 2.45) is 5.92 Å². The third kappa shape index (κ3) is 3.67. The predicted octanol–water partition coefficient (Wildman–Crippen LogP) is 2.16. The summed E-state index contributed by atoms with van der Waals surface area (Å²) in [6.07, 6.45) is 1.64. The summed E-state index contributed by atoms with van der Waals surface area (Å²) >= 11 is 0. The van der Waals surface area contributed by atoms with Crippen molar-refractivity contribution in [3.8, 4) is 5.75 Å². The molecular weight excluding hydrogens is 264 g/mol. The van der Waals surface area contributed by atoms with E-state index in [0.717, 1.165) is 11.1 Å². The van der Waals surface area contributed by atoms with Gasteiger partial charge >= 0.3 is 5.97 Å². The van der Waals surface area contributed by atoms with E-state index < -0.39 is 15.8 Å². The van der Waals surface area contributed by atoms with Gasteiger partial charge in [0.1, 0.15) is 5.75 Å². The fourth-order valence-electron chi connectivity index (χ4n) is 1.93. The molecule has 0 aliphatic carbocycles. The normalized spacial score (nSPS) is 20.4. The Morgan fingerprint density at radius 1 is 1.32 bits per heavy atom. The second-order valence-corrected chi connectivity index (χ2v) is 6.77. The van der Waals surface area contributed by atoms with Crippen LogP contribution < -0.4 is 4.74 Å². The molecule has 0 amide bonds. The van der Waals surface area contributed by atoms with Gasteiger partial charge in [0, 0.05) is 11.3 Å². The lowest BCUT2D eigenvalue weighted by Crippen LogP contribution is -2.15. The summed E-state index contributed by atoms with van der Waals surface area (Å²) in [5.41, 5.74) is 2.18. The third-order valence-electron chi connectivity index (χ3n) is 3.14. The molecule has 0 bridgehead atoms. The van der Waals surface area contributed by atoms with Gasteiger partial charge in [-0.05, 0) is 37.1 Å². The Kier molecular flexibility index (Phi) is 3.75. The van der Waals surface area contributed by atoms with Gasteiger partial charge < -0.3 is 4.74 Å². The first kappa shape index (κ1) is 13.8. The Morgan fingerprint density at radius 3 is 2.63 bits per heavy atom. The van der Waals surface area contributed by atoms with Crippen molar-refractivity contribution in [2.45, 2.75) is 20.3 Å². The highest BCUT2D eigenvalue weighted by Gasteiger charge is 2.24. The SMILES string of the molecule is Cc1ccc(OC(=O)CC2C=CS(=O)(=O)C2)cc1C. The summed E-state index contributed by atoms with van der Waals surface area (Å²) < 4.78 is 27.7. The number of hydrogen-bond donors (Lipinski definition) is 0. The number of carbonyl (C=O) groups is 1. The average molecular weight is 280 g/mol. The standard InChI is InChI=1S/C14H16O4S/c1-10-3-4-13(7-11(10)2)18-14(15)8-12-5-6-19(16,17)9-12/h3-7,12H,8-9H2,1-2H3. The van der Waals surface area contributed by atoms with E-state index >= 15 is 0 Å². The van der Waals surface area contributed by atoms with Gasteiger partial charge in [-0.1, -0.05) is 12.1 Å². The van der Waals surface area contributed by atoms with E-state index in [4.69, 9.17) is 4.74 Å². The van der Waals surface area contributed by atoms with Crippen LogP contribution in [0.5, 0.6) is 5.75 Å². The fourth-order valence-corrected chi connectivity index (χ4v) is 3.33. The number of benzene rings is 1. The fraction of sp³-hybridized carbons (Fsp3) is 0.357. The van der Waals surface area contributed by atoms with Gasteiger partial charge in [-0.15, -0.1) is 0 Å². The number of rotatable bonds is 3. The topological polar surface area (TPSA) is 60.4 Å². The van der Waals surface area contributed by atoms with E-state index in [1.165, 1.54) is 5.41 Å². The molecule has 4 nitrogen and oxygen atoms in total. The molecule has 2 rings (SSSR count). The van der Waals surface area contributed by atoms with Crippen LogP contribution in [0, 0.1) is 19.8 Å². The Morgan fingerprint density at radius 2 is 2.05 bits per heavy atom. The molecule has 0 spiro atoms. The number of esters is 1. The molecule has 1 aromatic rings. The van der Waals surface area contributed by atoms with Gasteiger partial charge in [-0.25, -0.2) is 8.42 Å². The van der Waals surface area contributed by atoms with E-state index in [0.29, 0.717) is 5.75 Å². The largest absolute Gasteiger partial charge is 0.427 e. The monoisotopic (exact) mass is 280 g/mol. The van der Waals surface area contributed by atoms with E-state index in [-0.39, 0.29) is 18.1 Å². The third-order valence-corrected chi connectivity index (χ3v) is 4.61.